The van der Waals surface area contributed by atoms with Gasteiger partial charge in [-0.1, -0.05) is 36.9 Å². The Morgan fingerprint density at radius 2 is 1.95 bits per heavy atom. The van der Waals surface area contributed by atoms with Crippen LogP contribution in [-0.4, -0.2) is 28.7 Å². The molecular formula is C16H18N2O3. The van der Waals surface area contributed by atoms with Gasteiger partial charge in [0.25, 0.3) is 0 Å². The van der Waals surface area contributed by atoms with Gasteiger partial charge in [-0.2, -0.15) is 0 Å². The number of hydrogen-bond acceptors (Lipinski definition) is 4. The Labute approximate surface area is 123 Å². The van der Waals surface area contributed by atoms with E-state index in [4.69, 9.17) is 9.47 Å². The number of nitrogens with zero attached hydrogens (tertiary/aromatic N) is 2. The van der Waals surface area contributed by atoms with Gasteiger partial charge in [-0.3, -0.25) is 4.57 Å². The molecule has 0 saturated carbocycles. The van der Waals surface area contributed by atoms with Crippen LogP contribution in [0.3, 0.4) is 0 Å². The minimum Gasteiger partial charge on any atom is -0.476 e. The molecule has 0 aliphatic heterocycles. The number of carbonyl (C=O) groups excluding carboxylic acids is 1. The maximum absolute atomic E-state index is 12.2. The van der Waals surface area contributed by atoms with Gasteiger partial charge in [0, 0.05) is 5.70 Å². The van der Waals surface area contributed by atoms with Crippen LogP contribution in [0.4, 0.5) is 0 Å². The quantitative estimate of drug-likeness (QED) is 0.766. The summed E-state index contributed by atoms with van der Waals surface area (Å²) >= 11 is 0. The normalized spacial score (nSPS) is 10.2. The first-order valence-corrected chi connectivity index (χ1v) is 6.81. The Balaban J connectivity index is 2.43. The predicted octanol–water partition coefficient (Wildman–Crippen LogP) is 2.98. The molecule has 0 N–H and O–H groups in total. The Bertz CT molecular complexity index is 632. The van der Waals surface area contributed by atoms with Gasteiger partial charge in [0.2, 0.25) is 5.88 Å². The number of hydrogen-bond donors (Lipinski definition) is 0. The number of ether oxygens (including phenoxy) is 2. The van der Waals surface area contributed by atoms with Gasteiger partial charge < -0.3 is 9.47 Å². The highest BCUT2D eigenvalue weighted by Gasteiger charge is 2.23. The van der Waals surface area contributed by atoms with Gasteiger partial charge in [0.1, 0.15) is 6.33 Å². The van der Waals surface area contributed by atoms with Gasteiger partial charge in [0.15, 0.2) is 5.69 Å². The second-order valence-electron chi connectivity index (χ2n) is 4.23. The predicted molar refractivity (Wildman–Crippen MR) is 80.2 cm³/mol. The standard InChI is InChI=1S/C16H18N2O3/c1-4-20-15-14(16(19)21-5-2)18(11-17-15)12(3)13-9-7-6-8-10-13/h6-11H,3-5H2,1-2H3. The zero-order valence-corrected chi connectivity index (χ0v) is 12.2. The first-order chi connectivity index (χ1) is 10.2. The van der Waals surface area contributed by atoms with Gasteiger partial charge in [-0.05, 0) is 19.4 Å². The first-order valence-electron chi connectivity index (χ1n) is 6.81. The summed E-state index contributed by atoms with van der Waals surface area (Å²) in [5.41, 5.74) is 1.79. The van der Waals surface area contributed by atoms with Crippen LogP contribution < -0.4 is 4.74 Å². The maximum atomic E-state index is 12.2. The molecule has 0 aliphatic carbocycles. The van der Waals surface area contributed by atoms with E-state index in [1.54, 1.807) is 11.5 Å². The summed E-state index contributed by atoms with van der Waals surface area (Å²) in [5, 5.41) is 0. The van der Waals surface area contributed by atoms with Gasteiger partial charge in [-0.25, -0.2) is 9.78 Å². The zero-order chi connectivity index (χ0) is 15.2. The zero-order valence-electron chi connectivity index (χ0n) is 12.2. The summed E-state index contributed by atoms with van der Waals surface area (Å²) in [4.78, 5) is 16.3. The Morgan fingerprint density at radius 3 is 2.57 bits per heavy atom. The minimum absolute atomic E-state index is 0.257. The van der Waals surface area contributed by atoms with Crippen LogP contribution in [0.25, 0.3) is 5.70 Å². The number of imidazole rings is 1. The monoisotopic (exact) mass is 286 g/mol. The van der Waals surface area contributed by atoms with E-state index < -0.39 is 5.97 Å². The fraction of sp³-hybridized carbons (Fsp3) is 0.250. The van der Waals surface area contributed by atoms with Crippen molar-refractivity contribution in [2.75, 3.05) is 13.2 Å². The Morgan fingerprint density at radius 1 is 1.24 bits per heavy atom. The molecule has 0 unspecified atom stereocenters. The number of rotatable bonds is 6. The third-order valence-corrected chi connectivity index (χ3v) is 2.88. The van der Waals surface area contributed by atoms with Crippen molar-refractivity contribution in [3.05, 3.63) is 54.5 Å². The molecule has 2 rings (SSSR count). The van der Waals surface area contributed by atoms with Gasteiger partial charge >= 0.3 is 5.97 Å². The van der Waals surface area contributed by atoms with Crippen molar-refractivity contribution in [3.63, 3.8) is 0 Å². The molecule has 5 heteroatoms. The van der Waals surface area contributed by atoms with E-state index in [2.05, 4.69) is 11.6 Å². The van der Waals surface area contributed by atoms with E-state index in [0.29, 0.717) is 12.3 Å². The van der Waals surface area contributed by atoms with Crippen LogP contribution in [0.15, 0.2) is 43.2 Å². The van der Waals surface area contributed by atoms with E-state index in [-0.39, 0.29) is 18.2 Å². The average Bonchev–Trinajstić information content (AvgIpc) is 2.92. The van der Waals surface area contributed by atoms with Crippen LogP contribution in [0.2, 0.25) is 0 Å². The summed E-state index contributed by atoms with van der Waals surface area (Å²) < 4.78 is 12.1. The lowest BCUT2D eigenvalue weighted by Crippen LogP contribution is -2.13. The molecule has 0 spiro atoms. The van der Waals surface area contributed by atoms with Crippen LogP contribution in [-0.2, 0) is 4.74 Å². The second-order valence-corrected chi connectivity index (χ2v) is 4.23. The second kappa shape index (κ2) is 6.74. The molecule has 110 valence electrons. The molecule has 0 aliphatic rings. The number of aromatic nitrogens is 2. The molecule has 0 atom stereocenters. The van der Waals surface area contributed by atoms with Crippen LogP contribution in [0, 0.1) is 0 Å². The van der Waals surface area contributed by atoms with Crippen LogP contribution in [0.1, 0.15) is 29.9 Å². The Hall–Kier alpha value is -2.56. The highest BCUT2D eigenvalue weighted by molar-refractivity contribution is 5.92. The lowest BCUT2D eigenvalue weighted by molar-refractivity contribution is 0.0512. The van der Waals surface area contributed by atoms with Crippen molar-refractivity contribution in [2.45, 2.75) is 13.8 Å². The molecule has 0 radical (unpaired) electrons. The van der Waals surface area contributed by atoms with Crippen LogP contribution in [0.5, 0.6) is 5.88 Å². The summed E-state index contributed by atoms with van der Waals surface area (Å²) in [7, 11) is 0. The number of benzene rings is 1. The third-order valence-electron chi connectivity index (χ3n) is 2.88. The minimum atomic E-state index is -0.476. The van der Waals surface area contributed by atoms with E-state index in [9.17, 15) is 4.79 Å². The molecule has 5 nitrogen and oxygen atoms in total. The van der Waals surface area contributed by atoms with E-state index >= 15 is 0 Å². The average molecular weight is 286 g/mol. The molecule has 0 saturated heterocycles. The summed E-state index contributed by atoms with van der Waals surface area (Å²) in [5.74, 6) is -0.219. The van der Waals surface area contributed by atoms with E-state index in [1.165, 1.54) is 6.33 Å². The molecule has 2 aromatic rings. The van der Waals surface area contributed by atoms with Crippen molar-refractivity contribution >= 4 is 11.7 Å². The highest BCUT2D eigenvalue weighted by Crippen LogP contribution is 2.24. The number of esters is 1. The highest BCUT2D eigenvalue weighted by atomic mass is 16.5. The SMILES string of the molecule is C=C(c1ccccc1)n1cnc(OCC)c1C(=O)OCC. The van der Waals surface area contributed by atoms with E-state index in [1.807, 2.05) is 37.3 Å². The van der Waals surface area contributed by atoms with Gasteiger partial charge in [0.05, 0.1) is 13.2 Å². The fourth-order valence-electron chi connectivity index (χ4n) is 1.93. The van der Waals surface area contributed by atoms with Crippen molar-refractivity contribution in [3.8, 4) is 5.88 Å². The summed E-state index contributed by atoms with van der Waals surface area (Å²) in [6, 6.07) is 9.56. The summed E-state index contributed by atoms with van der Waals surface area (Å²) in [6.07, 6.45) is 1.52. The van der Waals surface area contributed by atoms with Gasteiger partial charge in [-0.15, -0.1) is 0 Å². The molecule has 1 aromatic carbocycles. The largest absolute Gasteiger partial charge is 0.476 e. The maximum Gasteiger partial charge on any atom is 0.361 e. The molecule has 1 aromatic heterocycles. The number of carbonyl (C=O) groups is 1. The molecule has 1 heterocycles. The van der Waals surface area contributed by atoms with Crippen molar-refractivity contribution in [1.82, 2.24) is 9.55 Å². The molecule has 0 amide bonds. The third kappa shape index (κ3) is 3.13. The van der Waals surface area contributed by atoms with Crippen molar-refractivity contribution in [2.24, 2.45) is 0 Å². The van der Waals surface area contributed by atoms with E-state index in [0.717, 1.165) is 5.56 Å². The Kier molecular flexibility index (Phi) is 4.77. The lowest BCUT2D eigenvalue weighted by Gasteiger charge is -2.11. The fourth-order valence-corrected chi connectivity index (χ4v) is 1.93. The molecule has 0 fully saturated rings. The first kappa shape index (κ1) is 14.8. The van der Waals surface area contributed by atoms with Crippen molar-refractivity contribution < 1.29 is 14.3 Å². The molecule has 21 heavy (non-hydrogen) atoms. The molecular weight excluding hydrogens is 268 g/mol. The topological polar surface area (TPSA) is 53.4 Å². The lowest BCUT2D eigenvalue weighted by atomic mass is 10.2. The summed E-state index contributed by atoms with van der Waals surface area (Å²) in [6.45, 7) is 8.32. The van der Waals surface area contributed by atoms with Crippen LogP contribution >= 0.6 is 0 Å². The smallest absolute Gasteiger partial charge is 0.361 e. The molecule has 0 bridgehead atoms. The van der Waals surface area contributed by atoms with Crippen molar-refractivity contribution in [1.29, 1.82) is 0 Å².